The van der Waals surface area contributed by atoms with Gasteiger partial charge in [-0.2, -0.15) is 0 Å². The van der Waals surface area contributed by atoms with E-state index in [1.165, 1.54) is 5.56 Å². The van der Waals surface area contributed by atoms with Crippen molar-refractivity contribution >= 4 is 17.6 Å². The normalized spacial score (nSPS) is 11.6. The molecule has 2 rings (SSSR count). The minimum atomic E-state index is -1.02. The zero-order valence-corrected chi connectivity index (χ0v) is 15.2. The van der Waals surface area contributed by atoms with E-state index < -0.39 is 5.97 Å². The molecule has 1 atom stereocenters. The summed E-state index contributed by atoms with van der Waals surface area (Å²) in [6.07, 6.45) is 2.74. The van der Waals surface area contributed by atoms with Crippen LogP contribution in [-0.2, 0) is 16.0 Å². The van der Waals surface area contributed by atoms with Crippen LogP contribution in [0.2, 0.25) is 0 Å². The number of carbonyl (C=O) groups excluding carboxylic acids is 1. The Morgan fingerprint density at radius 3 is 2.54 bits per heavy atom. The number of carboxylic acids is 1. The minimum Gasteiger partial charge on any atom is -0.482 e. The highest BCUT2D eigenvalue weighted by Gasteiger charge is 2.14. The van der Waals surface area contributed by atoms with Crippen LogP contribution >= 0.6 is 0 Å². The molecule has 0 aliphatic heterocycles. The van der Waals surface area contributed by atoms with Crippen LogP contribution in [0.15, 0.2) is 48.5 Å². The number of nitrogens with one attached hydrogen (secondary N) is 1. The van der Waals surface area contributed by atoms with Gasteiger partial charge in [0.2, 0.25) is 5.91 Å². The third-order valence-corrected chi connectivity index (χ3v) is 4.21. The maximum Gasteiger partial charge on any atom is 0.341 e. The summed E-state index contributed by atoms with van der Waals surface area (Å²) in [5, 5.41) is 11.6. The SMILES string of the molecule is Cc1cc(OCC(=O)O)ccc1NC(=O)C(C)CCCc1ccccc1. The fourth-order valence-electron chi connectivity index (χ4n) is 2.66. The summed E-state index contributed by atoms with van der Waals surface area (Å²) >= 11 is 0. The number of hydrogen-bond donors (Lipinski definition) is 2. The molecule has 0 fully saturated rings. The number of anilines is 1. The lowest BCUT2D eigenvalue weighted by Crippen LogP contribution is -2.21. The van der Waals surface area contributed by atoms with E-state index >= 15 is 0 Å². The van der Waals surface area contributed by atoms with Crippen LogP contribution in [0.25, 0.3) is 0 Å². The third kappa shape index (κ3) is 6.24. The molecule has 1 unspecified atom stereocenters. The molecule has 0 aliphatic carbocycles. The van der Waals surface area contributed by atoms with Crippen molar-refractivity contribution < 1.29 is 19.4 Å². The molecule has 1 amide bonds. The van der Waals surface area contributed by atoms with Crippen molar-refractivity contribution in [3.05, 3.63) is 59.7 Å². The van der Waals surface area contributed by atoms with Gasteiger partial charge in [0.05, 0.1) is 0 Å². The maximum absolute atomic E-state index is 12.4. The highest BCUT2D eigenvalue weighted by Crippen LogP contribution is 2.22. The zero-order valence-electron chi connectivity index (χ0n) is 15.2. The number of aliphatic carboxylic acids is 1. The molecule has 2 aromatic rings. The van der Waals surface area contributed by atoms with Gasteiger partial charge >= 0.3 is 5.97 Å². The summed E-state index contributed by atoms with van der Waals surface area (Å²) in [7, 11) is 0. The van der Waals surface area contributed by atoms with Crippen molar-refractivity contribution in [1.82, 2.24) is 0 Å². The quantitative estimate of drug-likeness (QED) is 0.711. The number of carbonyl (C=O) groups is 2. The Morgan fingerprint density at radius 2 is 1.88 bits per heavy atom. The van der Waals surface area contributed by atoms with Crippen molar-refractivity contribution in [3.63, 3.8) is 0 Å². The average Bonchev–Trinajstić information content (AvgIpc) is 2.62. The van der Waals surface area contributed by atoms with Gasteiger partial charge in [-0.1, -0.05) is 37.3 Å². The molecule has 5 heteroatoms. The molecule has 0 spiro atoms. The molecule has 0 radical (unpaired) electrons. The number of benzene rings is 2. The fraction of sp³-hybridized carbons (Fsp3) is 0.333. The second-order valence-corrected chi connectivity index (χ2v) is 6.43. The van der Waals surface area contributed by atoms with E-state index in [0.717, 1.165) is 24.8 Å². The first kappa shape index (κ1) is 19.5. The number of carboxylic acid groups (broad SMARTS) is 1. The Labute approximate surface area is 154 Å². The predicted molar refractivity (Wildman–Crippen MR) is 101 cm³/mol. The molecular weight excluding hydrogens is 330 g/mol. The van der Waals surface area contributed by atoms with E-state index in [1.807, 2.05) is 32.0 Å². The van der Waals surface area contributed by atoms with Crippen molar-refractivity contribution in [2.45, 2.75) is 33.1 Å². The van der Waals surface area contributed by atoms with Crippen molar-refractivity contribution in [2.75, 3.05) is 11.9 Å². The standard InChI is InChI=1S/C21H25NO4/c1-15(7-6-10-17-8-4-3-5-9-17)21(25)22-19-12-11-18(13-16(19)2)26-14-20(23)24/h3-5,8-9,11-13,15H,6-7,10,14H2,1-2H3,(H,22,25)(H,23,24). The van der Waals surface area contributed by atoms with Gasteiger partial charge in [-0.15, -0.1) is 0 Å². The highest BCUT2D eigenvalue weighted by molar-refractivity contribution is 5.93. The van der Waals surface area contributed by atoms with Crippen LogP contribution in [0.1, 0.15) is 30.9 Å². The van der Waals surface area contributed by atoms with Gasteiger partial charge < -0.3 is 15.2 Å². The summed E-state index contributed by atoms with van der Waals surface area (Å²) in [5.74, 6) is -0.649. The lowest BCUT2D eigenvalue weighted by Gasteiger charge is -2.14. The molecule has 0 saturated heterocycles. The molecule has 2 N–H and O–H groups in total. The molecule has 26 heavy (non-hydrogen) atoms. The second kappa shape index (κ2) is 9.61. The monoisotopic (exact) mass is 355 g/mol. The maximum atomic E-state index is 12.4. The van der Waals surface area contributed by atoms with E-state index in [1.54, 1.807) is 18.2 Å². The largest absolute Gasteiger partial charge is 0.482 e. The number of aryl methyl sites for hydroxylation is 2. The number of amides is 1. The summed E-state index contributed by atoms with van der Waals surface area (Å²) in [6.45, 7) is 3.40. The smallest absolute Gasteiger partial charge is 0.341 e. The summed E-state index contributed by atoms with van der Waals surface area (Å²) in [6, 6.07) is 15.4. The average molecular weight is 355 g/mol. The van der Waals surface area contributed by atoms with E-state index in [-0.39, 0.29) is 18.4 Å². The Balaban J connectivity index is 1.83. The van der Waals surface area contributed by atoms with Gasteiger partial charge in [0.25, 0.3) is 0 Å². The van der Waals surface area contributed by atoms with E-state index in [2.05, 4.69) is 17.4 Å². The molecule has 2 aromatic carbocycles. The van der Waals surface area contributed by atoms with Crippen LogP contribution in [0.3, 0.4) is 0 Å². The molecular formula is C21H25NO4. The lowest BCUT2D eigenvalue weighted by molar-refractivity contribution is -0.139. The number of rotatable bonds is 9. The van der Waals surface area contributed by atoms with Crippen LogP contribution in [0, 0.1) is 12.8 Å². The molecule has 0 bridgehead atoms. The topological polar surface area (TPSA) is 75.6 Å². The van der Waals surface area contributed by atoms with Crippen molar-refractivity contribution in [3.8, 4) is 5.75 Å². The van der Waals surface area contributed by atoms with Gasteiger partial charge in [-0.05, 0) is 55.5 Å². The third-order valence-electron chi connectivity index (χ3n) is 4.21. The number of ether oxygens (including phenoxy) is 1. The Hall–Kier alpha value is -2.82. The summed E-state index contributed by atoms with van der Waals surface area (Å²) < 4.78 is 5.14. The molecule has 0 heterocycles. The van der Waals surface area contributed by atoms with Gasteiger partial charge in [-0.25, -0.2) is 4.79 Å². The second-order valence-electron chi connectivity index (χ2n) is 6.43. The lowest BCUT2D eigenvalue weighted by atomic mass is 10.00. The Kier molecular flexibility index (Phi) is 7.21. The van der Waals surface area contributed by atoms with E-state index in [9.17, 15) is 9.59 Å². The van der Waals surface area contributed by atoms with Gasteiger partial charge in [0.15, 0.2) is 6.61 Å². The Morgan fingerprint density at radius 1 is 1.15 bits per heavy atom. The van der Waals surface area contributed by atoms with Crippen LogP contribution in [0.5, 0.6) is 5.75 Å². The van der Waals surface area contributed by atoms with Crippen LogP contribution < -0.4 is 10.1 Å². The summed E-state index contributed by atoms with van der Waals surface area (Å²) in [4.78, 5) is 22.9. The Bertz CT molecular complexity index is 743. The van der Waals surface area contributed by atoms with Crippen molar-refractivity contribution in [2.24, 2.45) is 5.92 Å². The first-order chi connectivity index (χ1) is 12.5. The van der Waals surface area contributed by atoms with Gasteiger partial charge in [0, 0.05) is 11.6 Å². The van der Waals surface area contributed by atoms with Gasteiger partial charge in [-0.3, -0.25) is 4.79 Å². The molecule has 138 valence electrons. The summed E-state index contributed by atoms with van der Waals surface area (Å²) in [5.41, 5.74) is 2.83. The first-order valence-electron chi connectivity index (χ1n) is 8.75. The highest BCUT2D eigenvalue weighted by atomic mass is 16.5. The van der Waals surface area contributed by atoms with Gasteiger partial charge in [0.1, 0.15) is 5.75 Å². The fourth-order valence-corrected chi connectivity index (χ4v) is 2.66. The van der Waals surface area contributed by atoms with E-state index in [4.69, 9.17) is 9.84 Å². The predicted octanol–water partition coefficient (Wildman–Crippen LogP) is 4.06. The zero-order chi connectivity index (χ0) is 18.9. The van der Waals surface area contributed by atoms with Crippen molar-refractivity contribution in [1.29, 1.82) is 0 Å². The molecule has 0 aliphatic rings. The molecule has 0 aromatic heterocycles. The molecule has 5 nitrogen and oxygen atoms in total. The van der Waals surface area contributed by atoms with Crippen LogP contribution in [-0.4, -0.2) is 23.6 Å². The minimum absolute atomic E-state index is 0.0135. The van der Waals surface area contributed by atoms with E-state index in [0.29, 0.717) is 11.4 Å². The number of hydrogen-bond acceptors (Lipinski definition) is 3. The van der Waals surface area contributed by atoms with Crippen LogP contribution in [0.4, 0.5) is 5.69 Å². The first-order valence-corrected chi connectivity index (χ1v) is 8.75. The molecule has 0 saturated carbocycles.